The van der Waals surface area contributed by atoms with Gasteiger partial charge in [-0.2, -0.15) is 4.98 Å². The Morgan fingerprint density at radius 2 is 1.88 bits per heavy atom. The second-order valence-corrected chi connectivity index (χ2v) is 10.1. The molecule has 1 aromatic carbocycles. The Hall–Kier alpha value is -3.01. The molecule has 0 saturated carbocycles. The van der Waals surface area contributed by atoms with E-state index in [0.29, 0.717) is 11.9 Å². The third kappa shape index (κ3) is 4.44. The molecule has 1 fully saturated rings. The topological polar surface area (TPSA) is 97.5 Å². The lowest BCUT2D eigenvalue weighted by atomic mass is 10.1. The molecule has 2 aromatic heterocycles. The maximum absolute atomic E-state index is 11.7. The van der Waals surface area contributed by atoms with Crippen molar-refractivity contribution < 1.29 is 13.5 Å². The van der Waals surface area contributed by atoms with E-state index < -0.39 is 10.8 Å². The molecule has 0 bridgehead atoms. The number of benzene rings is 1. The molecule has 0 unspecified atom stereocenters. The van der Waals surface area contributed by atoms with Gasteiger partial charge in [0.15, 0.2) is 5.82 Å². The number of hydrogen-bond acceptors (Lipinski definition) is 9. The lowest BCUT2D eigenvalue weighted by molar-refractivity contribution is 0.160. The highest BCUT2D eigenvalue weighted by molar-refractivity contribution is 7.84. The Bertz CT molecular complexity index is 1140. The Balaban J connectivity index is 1.25. The number of anilines is 3. The fraction of sp³-hybridized carbons (Fsp3) is 0.478. The first kappa shape index (κ1) is 21.8. The zero-order valence-corrected chi connectivity index (χ0v) is 19.9. The van der Waals surface area contributed by atoms with Crippen LogP contribution >= 0.6 is 0 Å². The second-order valence-electron chi connectivity index (χ2n) is 8.72. The molecule has 4 heterocycles. The molecule has 1 saturated heterocycles. The number of nitrogens with zero attached hydrogens (tertiary/aromatic N) is 6. The molecule has 0 spiro atoms. The predicted molar refractivity (Wildman–Crippen MR) is 126 cm³/mol. The summed E-state index contributed by atoms with van der Waals surface area (Å²) in [6.07, 6.45) is 5.89. The third-order valence-corrected chi connectivity index (χ3v) is 7.08. The Kier molecular flexibility index (Phi) is 6.01. The van der Waals surface area contributed by atoms with E-state index in [1.807, 2.05) is 24.3 Å². The third-order valence-electron chi connectivity index (χ3n) is 6.14. The summed E-state index contributed by atoms with van der Waals surface area (Å²) < 4.78 is 23.5. The van der Waals surface area contributed by atoms with Gasteiger partial charge in [-0.1, -0.05) is 19.0 Å². The van der Waals surface area contributed by atoms with E-state index in [4.69, 9.17) is 9.26 Å². The van der Waals surface area contributed by atoms with E-state index in [1.165, 1.54) is 0 Å². The van der Waals surface area contributed by atoms with Crippen LogP contribution in [-0.2, 0) is 17.2 Å². The van der Waals surface area contributed by atoms with Crippen molar-refractivity contribution in [2.24, 2.45) is 0 Å². The summed E-state index contributed by atoms with van der Waals surface area (Å²) in [5.41, 5.74) is 2.07. The van der Waals surface area contributed by atoms with Gasteiger partial charge in [0.1, 0.15) is 18.2 Å². The minimum atomic E-state index is -0.989. The van der Waals surface area contributed by atoms with E-state index in [0.717, 1.165) is 66.7 Å². The molecule has 2 aliphatic rings. The first-order valence-electron chi connectivity index (χ1n) is 11.3. The summed E-state index contributed by atoms with van der Waals surface area (Å²) in [6, 6.07) is 8.39. The predicted octanol–water partition coefficient (Wildman–Crippen LogP) is 3.46. The minimum absolute atomic E-state index is 0.0839. The molecule has 5 rings (SSSR count). The molecule has 1 atom stereocenters. The maximum atomic E-state index is 11.7. The largest absolute Gasteiger partial charge is 0.474 e. The first-order valence-corrected chi connectivity index (χ1v) is 12.9. The fourth-order valence-corrected chi connectivity index (χ4v) is 4.77. The smallest absolute Gasteiger partial charge is 0.324 e. The SMILES string of the molecule is CC(C)c1noc(N2CCC(Oc3ncnc4c3CCN4c3ccc([S@](C)=O)cc3)CC2)n1. The van der Waals surface area contributed by atoms with Gasteiger partial charge < -0.3 is 19.1 Å². The second kappa shape index (κ2) is 9.09. The molecule has 33 heavy (non-hydrogen) atoms. The maximum Gasteiger partial charge on any atom is 0.324 e. The lowest BCUT2D eigenvalue weighted by Crippen LogP contribution is -2.38. The number of ether oxygens (including phenoxy) is 1. The van der Waals surface area contributed by atoms with Crippen LogP contribution in [0.5, 0.6) is 5.88 Å². The normalized spacial score (nSPS) is 17.5. The molecule has 174 valence electrons. The molecule has 9 nitrogen and oxygen atoms in total. The van der Waals surface area contributed by atoms with Crippen LogP contribution < -0.4 is 14.5 Å². The van der Waals surface area contributed by atoms with Crippen molar-refractivity contribution in [3.63, 3.8) is 0 Å². The highest BCUT2D eigenvalue weighted by Crippen LogP contribution is 2.37. The van der Waals surface area contributed by atoms with Gasteiger partial charge in [0.2, 0.25) is 5.88 Å². The average molecular weight is 469 g/mol. The van der Waals surface area contributed by atoms with Gasteiger partial charge in [-0.3, -0.25) is 4.21 Å². The Labute approximate surface area is 195 Å². The van der Waals surface area contributed by atoms with Gasteiger partial charge in [-0.05, 0) is 30.7 Å². The number of aromatic nitrogens is 4. The van der Waals surface area contributed by atoms with Crippen molar-refractivity contribution in [3.05, 3.63) is 42.0 Å². The van der Waals surface area contributed by atoms with E-state index in [1.54, 1.807) is 12.6 Å². The van der Waals surface area contributed by atoms with Crippen LogP contribution in [0.3, 0.4) is 0 Å². The van der Waals surface area contributed by atoms with Crippen LogP contribution in [0.15, 0.2) is 40.0 Å². The minimum Gasteiger partial charge on any atom is -0.474 e. The summed E-state index contributed by atoms with van der Waals surface area (Å²) in [4.78, 5) is 18.6. The van der Waals surface area contributed by atoms with Crippen molar-refractivity contribution in [2.45, 2.75) is 50.0 Å². The van der Waals surface area contributed by atoms with Gasteiger partial charge >= 0.3 is 6.01 Å². The average Bonchev–Trinajstić information content (AvgIpc) is 3.48. The van der Waals surface area contributed by atoms with Gasteiger partial charge in [0.25, 0.3) is 0 Å². The zero-order valence-electron chi connectivity index (χ0n) is 19.1. The van der Waals surface area contributed by atoms with Crippen molar-refractivity contribution in [3.8, 4) is 5.88 Å². The van der Waals surface area contributed by atoms with Gasteiger partial charge in [-0.25, -0.2) is 9.97 Å². The highest BCUT2D eigenvalue weighted by atomic mass is 32.2. The molecular weight excluding hydrogens is 440 g/mol. The van der Waals surface area contributed by atoms with E-state index in [2.05, 4.69) is 43.8 Å². The monoisotopic (exact) mass is 468 g/mol. The standard InChI is InChI=1S/C23H28N6O3S/c1-15(2)20-26-23(32-27-20)28-11-8-17(9-12-28)31-22-19-10-13-29(21(19)24-14-25-22)16-4-6-18(7-5-16)33(3)30/h4-7,14-15,17H,8-13H2,1-3H3/t33-/m0/s1. The molecule has 2 aliphatic heterocycles. The van der Waals surface area contributed by atoms with E-state index >= 15 is 0 Å². The summed E-state index contributed by atoms with van der Waals surface area (Å²) in [7, 11) is -0.989. The van der Waals surface area contributed by atoms with E-state index in [9.17, 15) is 4.21 Å². The van der Waals surface area contributed by atoms with Gasteiger partial charge in [0.05, 0.1) is 5.56 Å². The van der Waals surface area contributed by atoms with Crippen LogP contribution in [0.1, 0.15) is 44.0 Å². The molecule has 3 aromatic rings. The van der Waals surface area contributed by atoms with Crippen LogP contribution in [-0.4, -0.2) is 56.3 Å². The van der Waals surface area contributed by atoms with Crippen molar-refractivity contribution in [1.29, 1.82) is 0 Å². The quantitative estimate of drug-likeness (QED) is 0.539. The number of rotatable bonds is 6. The Morgan fingerprint density at radius 1 is 1.12 bits per heavy atom. The van der Waals surface area contributed by atoms with Crippen molar-refractivity contribution >= 4 is 28.3 Å². The van der Waals surface area contributed by atoms with Crippen LogP contribution in [0, 0.1) is 0 Å². The number of fused-ring (bicyclic) bond motifs is 1. The first-order chi connectivity index (χ1) is 16.0. The van der Waals surface area contributed by atoms with Gasteiger partial charge in [-0.15, -0.1) is 0 Å². The molecular formula is C23H28N6O3S. The molecule has 0 aliphatic carbocycles. The Morgan fingerprint density at radius 3 is 2.55 bits per heavy atom. The molecule has 0 amide bonds. The number of piperidine rings is 1. The zero-order chi connectivity index (χ0) is 22.9. The summed E-state index contributed by atoms with van der Waals surface area (Å²) >= 11 is 0. The summed E-state index contributed by atoms with van der Waals surface area (Å²) in [5, 5.41) is 4.07. The van der Waals surface area contributed by atoms with Crippen LogP contribution in [0.2, 0.25) is 0 Å². The molecule has 0 N–H and O–H groups in total. The van der Waals surface area contributed by atoms with Crippen molar-refractivity contribution in [2.75, 3.05) is 35.7 Å². The summed E-state index contributed by atoms with van der Waals surface area (Å²) in [6.45, 7) is 6.52. The number of hydrogen-bond donors (Lipinski definition) is 0. The summed E-state index contributed by atoms with van der Waals surface area (Å²) in [5.74, 6) is 2.54. The molecule has 0 radical (unpaired) electrons. The lowest BCUT2D eigenvalue weighted by Gasteiger charge is -2.30. The van der Waals surface area contributed by atoms with Crippen molar-refractivity contribution in [1.82, 2.24) is 20.1 Å². The highest BCUT2D eigenvalue weighted by Gasteiger charge is 2.29. The van der Waals surface area contributed by atoms with E-state index in [-0.39, 0.29) is 12.0 Å². The van der Waals surface area contributed by atoms with Crippen LogP contribution in [0.25, 0.3) is 0 Å². The fourth-order valence-electron chi connectivity index (χ4n) is 4.25. The molecule has 10 heteroatoms. The van der Waals surface area contributed by atoms with Gasteiger partial charge in [0, 0.05) is 66.0 Å². The van der Waals surface area contributed by atoms with Crippen LogP contribution in [0.4, 0.5) is 17.5 Å².